The largest absolute Gasteiger partial charge is 0.507 e. The molecule has 0 radical (unpaired) electrons. The summed E-state index contributed by atoms with van der Waals surface area (Å²) in [6.45, 7) is 2.21. The van der Waals surface area contributed by atoms with Gasteiger partial charge in [0.2, 0.25) is 0 Å². The number of aromatic hydroxyl groups is 1. The molecule has 1 fully saturated rings. The van der Waals surface area contributed by atoms with Crippen LogP contribution in [0.15, 0.2) is 84.9 Å². The van der Waals surface area contributed by atoms with Crippen LogP contribution in [0.4, 0.5) is 0 Å². The Balaban J connectivity index is 1.21. The summed E-state index contributed by atoms with van der Waals surface area (Å²) in [6.07, 6.45) is 0.940. The van der Waals surface area contributed by atoms with Crippen LogP contribution in [0.5, 0.6) is 11.5 Å². The number of methoxy groups -OCH3 is 1. The van der Waals surface area contributed by atoms with Crippen molar-refractivity contribution in [2.75, 3.05) is 20.2 Å². The molecule has 0 aliphatic carbocycles. The van der Waals surface area contributed by atoms with E-state index >= 15 is 0 Å². The zero-order valence-corrected chi connectivity index (χ0v) is 20.9. The van der Waals surface area contributed by atoms with Gasteiger partial charge in [0.05, 0.1) is 25.4 Å². The standard InChI is InChI=1S/C31H31NO5/c1-35-26-7-4-6-24(17-26)31(34)37-19-21-9-11-23(12-10-21)27-15-16-32-18-29(27)36-20-25-14-13-22-5-2-3-8-28(22)30(25)33/h2-14,17,27,29,32-33H,15-16,18-20H2,1H3. The van der Waals surface area contributed by atoms with Gasteiger partial charge in [0.25, 0.3) is 0 Å². The van der Waals surface area contributed by atoms with E-state index in [4.69, 9.17) is 14.2 Å². The molecule has 0 bridgehead atoms. The second-order valence-electron chi connectivity index (χ2n) is 9.29. The lowest BCUT2D eigenvalue weighted by Gasteiger charge is -2.32. The van der Waals surface area contributed by atoms with Gasteiger partial charge in [-0.25, -0.2) is 4.79 Å². The minimum atomic E-state index is -0.383. The molecular weight excluding hydrogens is 466 g/mol. The second kappa shape index (κ2) is 11.5. The molecule has 0 spiro atoms. The SMILES string of the molecule is COc1cccc(C(=O)OCc2ccc(C3CCNCC3OCc3ccc4ccccc4c3O)cc2)c1. The average Bonchev–Trinajstić information content (AvgIpc) is 2.96. The van der Waals surface area contributed by atoms with Crippen LogP contribution in [0.3, 0.4) is 0 Å². The van der Waals surface area contributed by atoms with E-state index in [9.17, 15) is 9.90 Å². The van der Waals surface area contributed by atoms with Gasteiger partial charge in [-0.3, -0.25) is 0 Å². The first-order chi connectivity index (χ1) is 18.1. The average molecular weight is 498 g/mol. The van der Waals surface area contributed by atoms with Crippen molar-refractivity contribution in [1.82, 2.24) is 5.32 Å². The van der Waals surface area contributed by atoms with Gasteiger partial charge in [0.1, 0.15) is 18.1 Å². The Labute approximate surface area is 216 Å². The summed E-state index contributed by atoms with van der Waals surface area (Å²) in [5.74, 6) is 0.753. The summed E-state index contributed by atoms with van der Waals surface area (Å²) in [6, 6.07) is 26.9. The van der Waals surface area contributed by atoms with Gasteiger partial charge in [-0.1, -0.05) is 66.7 Å². The minimum absolute atomic E-state index is 0.0173. The highest BCUT2D eigenvalue weighted by Gasteiger charge is 2.27. The number of rotatable bonds is 8. The Bertz CT molecular complexity index is 1370. The predicted octanol–water partition coefficient (Wildman–Crippen LogP) is 5.57. The van der Waals surface area contributed by atoms with E-state index in [0.717, 1.165) is 41.4 Å². The molecule has 4 aromatic carbocycles. The van der Waals surface area contributed by atoms with Gasteiger partial charge >= 0.3 is 5.97 Å². The highest BCUT2D eigenvalue weighted by atomic mass is 16.5. The maximum absolute atomic E-state index is 12.4. The number of carbonyl (C=O) groups is 1. The first-order valence-electron chi connectivity index (χ1n) is 12.5. The zero-order chi connectivity index (χ0) is 25.6. The number of carbonyl (C=O) groups excluding carboxylic acids is 1. The Morgan fingerprint density at radius 3 is 2.65 bits per heavy atom. The predicted molar refractivity (Wildman–Crippen MR) is 143 cm³/mol. The molecule has 0 amide bonds. The molecule has 6 nitrogen and oxygen atoms in total. The first kappa shape index (κ1) is 24.8. The van der Waals surface area contributed by atoms with Crippen molar-refractivity contribution in [3.8, 4) is 11.5 Å². The third-order valence-corrected chi connectivity index (χ3v) is 6.95. The summed E-state index contributed by atoms with van der Waals surface area (Å²) in [5, 5.41) is 16.0. The molecule has 5 rings (SSSR count). The van der Waals surface area contributed by atoms with Gasteiger partial charge in [-0.05, 0) is 47.7 Å². The van der Waals surface area contributed by atoms with E-state index in [1.807, 2.05) is 48.5 Å². The maximum atomic E-state index is 12.4. The fraction of sp³-hybridized carbons (Fsp3) is 0.258. The molecule has 2 atom stereocenters. The Kier molecular flexibility index (Phi) is 7.68. The van der Waals surface area contributed by atoms with Crippen LogP contribution in [-0.2, 0) is 22.7 Å². The lowest BCUT2D eigenvalue weighted by Crippen LogP contribution is -2.41. The number of phenolic OH excluding ortho intramolecular Hbond substituents is 1. The summed E-state index contributed by atoms with van der Waals surface area (Å²) in [5.41, 5.74) is 3.36. The van der Waals surface area contributed by atoms with Crippen molar-refractivity contribution >= 4 is 16.7 Å². The van der Waals surface area contributed by atoms with Crippen LogP contribution >= 0.6 is 0 Å². The molecule has 2 unspecified atom stereocenters. The number of piperidine rings is 1. The van der Waals surface area contributed by atoms with Crippen molar-refractivity contribution in [2.45, 2.75) is 31.7 Å². The molecule has 0 saturated carbocycles. The van der Waals surface area contributed by atoms with Crippen LogP contribution in [0, 0.1) is 0 Å². The van der Waals surface area contributed by atoms with Gasteiger partial charge in [0.15, 0.2) is 0 Å². The zero-order valence-electron chi connectivity index (χ0n) is 20.9. The number of fused-ring (bicyclic) bond motifs is 1. The summed E-state index contributed by atoms with van der Waals surface area (Å²) in [7, 11) is 1.57. The number of phenols is 1. The summed E-state index contributed by atoms with van der Waals surface area (Å²) < 4.78 is 17.0. The highest BCUT2D eigenvalue weighted by molar-refractivity contribution is 5.90. The van der Waals surface area contributed by atoms with Crippen molar-refractivity contribution in [3.63, 3.8) is 0 Å². The van der Waals surface area contributed by atoms with E-state index in [-0.39, 0.29) is 30.3 Å². The second-order valence-corrected chi connectivity index (χ2v) is 9.29. The molecule has 1 heterocycles. The molecule has 2 N–H and O–H groups in total. The van der Waals surface area contributed by atoms with Crippen molar-refractivity contribution in [2.24, 2.45) is 0 Å². The third-order valence-electron chi connectivity index (χ3n) is 6.95. The summed E-state index contributed by atoms with van der Waals surface area (Å²) in [4.78, 5) is 12.4. The lowest BCUT2D eigenvalue weighted by atomic mass is 9.87. The lowest BCUT2D eigenvalue weighted by molar-refractivity contribution is 0.00992. The maximum Gasteiger partial charge on any atom is 0.338 e. The first-order valence-corrected chi connectivity index (χ1v) is 12.5. The van der Waals surface area contributed by atoms with E-state index in [1.165, 1.54) is 5.56 Å². The van der Waals surface area contributed by atoms with Crippen molar-refractivity contribution in [1.29, 1.82) is 0 Å². The Morgan fingerprint density at radius 2 is 1.81 bits per heavy atom. The normalized spacial score (nSPS) is 17.4. The third kappa shape index (κ3) is 5.77. The van der Waals surface area contributed by atoms with Crippen molar-refractivity contribution in [3.05, 3.63) is 107 Å². The molecular formula is C31H31NO5. The monoisotopic (exact) mass is 497 g/mol. The fourth-order valence-electron chi connectivity index (χ4n) is 4.84. The molecule has 37 heavy (non-hydrogen) atoms. The molecule has 4 aromatic rings. The summed E-state index contributed by atoms with van der Waals surface area (Å²) >= 11 is 0. The number of benzene rings is 4. The van der Waals surface area contributed by atoms with E-state index in [0.29, 0.717) is 17.9 Å². The molecule has 6 heteroatoms. The van der Waals surface area contributed by atoms with Crippen LogP contribution < -0.4 is 10.1 Å². The van der Waals surface area contributed by atoms with Crippen molar-refractivity contribution < 1.29 is 24.1 Å². The topological polar surface area (TPSA) is 77.0 Å². The molecule has 0 aromatic heterocycles. The van der Waals surface area contributed by atoms with Crippen LogP contribution in [0.25, 0.3) is 10.8 Å². The van der Waals surface area contributed by atoms with Gasteiger partial charge in [-0.2, -0.15) is 0 Å². The van der Waals surface area contributed by atoms with E-state index < -0.39 is 0 Å². The smallest absolute Gasteiger partial charge is 0.338 e. The van der Waals surface area contributed by atoms with E-state index in [2.05, 4.69) is 17.4 Å². The number of esters is 1. The van der Waals surface area contributed by atoms with Gasteiger partial charge in [0, 0.05) is 23.4 Å². The minimum Gasteiger partial charge on any atom is -0.507 e. The van der Waals surface area contributed by atoms with Gasteiger partial charge in [-0.15, -0.1) is 0 Å². The number of hydrogen-bond acceptors (Lipinski definition) is 6. The van der Waals surface area contributed by atoms with Gasteiger partial charge < -0.3 is 24.6 Å². The quantitative estimate of drug-likeness (QED) is 0.310. The molecule has 190 valence electrons. The molecule has 1 saturated heterocycles. The van der Waals surface area contributed by atoms with Crippen LogP contribution in [-0.4, -0.2) is 37.4 Å². The Hall–Kier alpha value is -3.87. The number of hydrogen-bond donors (Lipinski definition) is 2. The van der Waals surface area contributed by atoms with E-state index in [1.54, 1.807) is 31.4 Å². The molecule has 1 aliphatic rings. The number of nitrogens with one attached hydrogen (secondary N) is 1. The number of ether oxygens (including phenoxy) is 3. The van der Waals surface area contributed by atoms with Crippen LogP contribution in [0.2, 0.25) is 0 Å². The van der Waals surface area contributed by atoms with Crippen LogP contribution in [0.1, 0.15) is 39.4 Å². The Morgan fingerprint density at radius 1 is 0.973 bits per heavy atom. The molecule has 1 aliphatic heterocycles. The fourth-order valence-corrected chi connectivity index (χ4v) is 4.84. The highest BCUT2D eigenvalue weighted by Crippen LogP contribution is 2.32.